The van der Waals surface area contributed by atoms with Crippen molar-refractivity contribution in [3.63, 3.8) is 0 Å². The second kappa shape index (κ2) is 6.99. The molecule has 0 atom stereocenters. The number of nitrogens with one attached hydrogen (secondary N) is 3. The quantitative estimate of drug-likeness (QED) is 0.787. The van der Waals surface area contributed by atoms with Crippen molar-refractivity contribution in [1.29, 1.82) is 5.26 Å². The molecule has 2 amide bonds. The molecule has 0 fully saturated rings. The van der Waals surface area contributed by atoms with E-state index in [2.05, 4.69) is 28.6 Å². The molecule has 2 aromatic carbocycles. The molecule has 0 radical (unpaired) electrons. The molecule has 2 aromatic rings. The van der Waals surface area contributed by atoms with Gasteiger partial charge < -0.3 is 20.7 Å². The molecule has 0 saturated heterocycles. The molecular formula is C19H16N4O3. The Labute approximate surface area is 150 Å². The molecule has 1 aliphatic rings. The number of fused-ring (bicyclic) bond motifs is 1. The van der Waals surface area contributed by atoms with E-state index in [-0.39, 0.29) is 18.4 Å². The van der Waals surface area contributed by atoms with Gasteiger partial charge >= 0.3 is 0 Å². The van der Waals surface area contributed by atoms with Crippen molar-refractivity contribution in [3.05, 3.63) is 59.7 Å². The van der Waals surface area contributed by atoms with Crippen LogP contribution in [0.2, 0.25) is 0 Å². The monoisotopic (exact) mass is 348 g/mol. The van der Waals surface area contributed by atoms with Gasteiger partial charge in [0.15, 0.2) is 6.61 Å². The van der Waals surface area contributed by atoms with E-state index in [0.29, 0.717) is 39.5 Å². The van der Waals surface area contributed by atoms with Crippen molar-refractivity contribution in [1.82, 2.24) is 5.32 Å². The van der Waals surface area contributed by atoms with Crippen molar-refractivity contribution in [3.8, 4) is 11.8 Å². The Hall–Kier alpha value is -3.79. The van der Waals surface area contributed by atoms with Gasteiger partial charge in [0.2, 0.25) is 0 Å². The third-order valence-corrected chi connectivity index (χ3v) is 3.86. The number of carbonyl (C=O) groups is 2. The molecule has 26 heavy (non-hydrogen) atoms. The number of ether oxygens (including phenoxy) is 1. The van der Waals surface area contributed by atoms with Crippen LogP contribution in [0.25, 0.3) is 5.70 Å². The summed E-state index contributed by atoms with van der Waals surface area (Å²) in [5.41, 5.74) is 3.10. The predicted molar refractivity (Wildman–Crippen MR) is 97.8 cm³/mol. The zero-order chi connectivity index (χ0) is 18.7. The molecule has 0 aromatic heterocycles. The lowest BCUT2D eigenvalue weighted by molar-refractivity contribution is -0.118. The SMILES string of the molecule is C=C(Nc1ccc2c(c1)OCC(=O)N2)c1cc(C(=O)NC)ccc1C#N. The lowest BCUT2D eigenvalue weighted by atomic mass is 10.0. The Morgan fingerprint density at radius 3 is 2.85 bits per heavy atom. The molecule has 7 heteroatoms. The Morgan fingerprint density at radius 2 is 2.12 bits per heavy atom. The minimum Gasteiger partial charge on any atom is -0.482 e. The first kappa shape index (κ1) is 17.0. The Kier molecular flexibility index (Phi) is 4.58. The van der Waals surface area contributed by atoms with Crippen LogP contribution in [0.15, 0.2) is 43.0 Å². The van der Waals surface area contributed by atoms with Gasteiger partial charge in [0.05, 0.1) is 17.3 Å². The molecule has 1 aliphatic heterocycles. The molecule has 7 nitrogen and oxygen atoms in total. The van der Waals surface area contributed by atoms with E-state index in [0.717, 1.165) is 0 Å². The average Bonchev–Trinajstić information content (AvgIpc) is 2.66. The Morgan fingerprint density at radius 1 is 1.31 bits per heavy atom. The first-order chi connectivity index (χ1) is 12.5. The largest absolute Gasteiger partial charge is 0.482 e. The summed E-state index contributed by atoms with van der Waals surface area (Å²) in [6.45, 7) is 3.94. The lowest BCUT2D eigenvalue weighted by Crippen LogP contribution is -2.25. The minimum atomic E-state index is -0.249. The molecule has 0 spiro atoms. The van der Waals surface area contributed by atoms with Gasteiger partial charge in [-0.25, -0.2) is 0 Å². The number of rotatable bonds is 4. The molecule has 3 N–H and O–H groups in total. The predicted octanol–water partition coefficient (Wildman–Crippen LogP) is 2.33. The van der Waals surface area contributed by atoms with Crippen LogP contribution in [-0.2, 0) is 4.79 Å². The fourth-order valence-corrected chi connectivity index (χ4v) is 2.57. The second-order valence-corrected chi connectivity index (χ2v) is 5.60. The van der Waals surface area contributed by atoms with Crippen LogP contribution in [0.3, 0.4) is 0 Å². The molecular weight excluding hydrogens is 332 g/mol. The van der Waals surface area contributed by atoms with Crippen LogP contribution in [0.4, 0.5) is 11.4 Å². The third-order valence-electron chi connectivity index (χ3n) is 3.86. The summed E-state index contributed by atoms with van der Waals surface area (Å²) in [7, 11) is 1.54. The number of carbonyl (C=O) groups excluding carboxylic acids is 2. The van der Waals surface area contributed by atoms with Gasteiger partial charge in [-0.2, -0.15) is 5.26 Å². The van der Waals surface area contributed by atoms with E-state index in [1.165, 1.54) is 0 Å². The van der Waals surface area contributed by atoms with Crippen LogP contribution in [-0.4, -0.2) is 25.5 Å². The smallest absolute Gasteiger partial charge is 0.262 e. The van der Waals surface area contributed by atoms with Gasteiger partial charge in [-0.15, -0.1) is 0 Å². The van der Waals surface area contributed by atoms with Crippen molar-refractivity contribution < 1.29 is 14.3 Å². The highest BCUT2D eigenvalue weighted by molar-refractivity contribution is 5.97. The van der Waals surface area contributed by atoms with E-state index >= 15 is 0 Å². The molecule has 1 heterocycles. The van der Waals surface area contributed by atoms with Crippen LogP contribution < -0.4 is 20.7 Å². The zero-order valence-corrected chi connectivity index (χ0v) is 14.1. The first-order valence-electron chi connectivity index (χ1n) is 7.81. The Balaban J connectivity index is 1.87. The van der Waals surface area contributed by atoms with Crippen molar-refractivity contribution in [2.45, 2.75) is 0 Å². The van der Waals surface area contributed by atoms with Crippen LogP contribution in [0.5, 0.6) is 5.75 Å². The maximum absolute atomic E-state index is 11.8. The Bertz CT molecular complexity index is 960. The topological polar surface area (TPSA) is 103 Å². The zero-order valence-electron chi connectivity index (χ0n) is 14.1. The fourth-order valence-electron chi connectivity index (χ4n) is 2.57. The van der Waals surface area contributed by atoms with Gasteiger partial charge in [0, 0.05) is 35.6 Å². The van der Waals surface area contributed by atoms with E-state index in [1.807, 2.05) is 0 Å². The van der Waals surface area contributed by atoms with Crippen LogP contribution in [0, 0.1) is 11.3 Å². The highest BCUT2D eigenvalue weighted by atomic mass is 16.5. The van der Waals surface area contributed by atoms with E-state index in [9.17, 15) is 14.9 Å². The molecule has 0 bridgehead atoms. The standard InChI is InChI=1S/C19H16N4O3/c1-11(15-7-12(19(25)21-2)3-4-13(15)9-20)22-14-5-6-16-17(8-14)26-10-18(24)23-16/h3-8,22H,1,10H2,2H3,(H,21,25)(H,23,24). The van der Waals surface area contributed by atoms with E-state index in [4.69, 9.17) is 4.74 Å². The average molecular weight is 348 g/mol. The van der Waals surface area contributed by atoms with Crippen LogP contribution >= 0.6 is 0 Å². The number of amides is 2. The summed E-state index contributed by atoms with van der Waals surface area (Å²) >= 11 is 0. The van der Waals surface area contributed by atoms with Crippen molar-refractivity contribution >= 4 is 28.9 Å². The van der Waals surface area contributed by atoms with Crippen LogP contribution in [0.1, 0.15) is 21.5 Å². The number of benzene rings is 2. The van der Waals surface area contributed by atoms with Gasteiger partial charge in [0.1, 0.15) is 5.75 Å². The summed E-state index contributed by atoms with van der Waals surface area (Å²) in [5.74, 6) is 0.0933. The number of hydrogen-bond acceptors (Lipinski definition) is 5. The molecule has 0 aliphatic carbocycles. The number of nitriles is 1. The van der Waals surface area contributed by atoms with Gasteiger partial charge in [-0.3, -0.25) is 9.59 Å². The van der Waals surface area contributed by atoms with E-state index in [1.54, 1.807) is 43.4 Å². The molecule has 3 rings (SSSR count). The number of anilines is 2. The number of nitrogens with zero attached hydrogens (tertiary/aromatic N) is 1. The highest BCUT2D eigenvalue weighted by Crippen LogP contribution is 2.32. The summed E-state index contributed by atoms with van der Waals surface area (Å²) in [6, 6.07) is 12.1. The second-order valence-electron chi connectivity index (χ2n) is 5.60. The van der Waals surface area contributed by atoms with Gasteiger partial charge in [-0.1, -0.05) is 6.58 Å². The third kappa shape index (κ3) is 3.35. The molecule has 0 saturated carbocycles. The fraction of sp³-hybridized carbons (Fsp3) is 0.105. The normalized spacial score (nSPS) is 12.1. The molecule has 130 valence electrons. The lowest BCUT2D eigenvalue weighted by Gasteiger charge is -2.19. The highest BCUT2D eigenvalue weighted by Gasteiger charge is 2.17. The molecule has 0 unspecified atom stereocenters. The van der Waals surface area contributed by atoms with Crippen molar-refractivity contribution in [2.75, 3.05) is 24.3 Å². The maximum atomic E-state index is 11.8. The van der Waals surface area contributed by atoms with Crippen molar-refractivity contribution in [2.24, 2.45) is 0 Å². The summed E-state index contributed by atoms with van der Waals surface area (Å²) < 4.78 is 5.39. The number of hydrogen-bond donors (Lipinski definition) is 3. The maximum Gasteiger partial charge on any atom is 0.262 e. The summed E-state index contributed by atoms with van der Waals surface area (Å²) in [5, 5.41) is 17.7. The van der Waals surface area contributed by atoms with Gasteiger partial charge in [0.25, 0.3) is 11.8 Å². The first-order valence-corrected chi connectivity index (χ1v) is 7.81. The minimum absolute atomic E-state index is 0.0375. The van der Waals surface area contributed by atoms with E-state index < -0.39 is 0 Å². The summed E-state index contributed by atoms with van der Waals surface area (Å²) in [4.78, 5) is 23.2. The summed E-state index contributed by atoms with van der Waals surface area (Å²) in [6.07, 6.45) is 0. The van der Waals surface area contributed by atoms with Gasteiger partial charge in [-0.05, 0) is 30.3 Å².